The van der Waals surface area contributed by atoms with Crippen molar-refractivity contribution in [2.75, 3.05) is 0 Å². The quantitative estimate of drug-likeness (QED) is 0.183. The molecule has 1 aliphatic rings. The lowest BCUT2D eigenvalue weighted by atomic mass is 9.92. The van der Waals surface area contributed by atoms with Crippen LogP contribution in [0.5, 0.6) is 0 Å². The third kappa shape index (κ3) is 5.29. The van der Waals surface area contributed by atoms with Crippen LogP contribution in [0.4, 0.5) is 0 Å². The molecule has 1 aliphatic heterocycles. The van der Waals surface area contributed by atoms with Crippen molar-refractivity contribution < 1.29 is 0 Å². The van der Waals surface area contributed by atoms with Crippen LogP contribution in [0.15, 0.2) is 186 Å². The lowest BCUT2D eigenvalue weighted by molar-refractivity contribution is 1.07. The summed E-state index contributed by atoms with van der Waals surface area (Å²) < 4.78 is 0. The Hall–Kier alpha value is -6.36. The smallest absolute Gasteiger partial charge is 0.164 e. The molecular weight excluding hydrogens is 639 g/mol. The molecule has 0 bridgehead atoms. The van der Waals surface area contributed by atoms with Crippen molar-refractivity contribution in [3.63, 3.8) is 0 Å². The highest BCUT2D eigenvalue weighted by Crippen LogP contribution is 2.50. The zero-order valence-electron chi connectivity index (χ0n) is 27.5. The van der Waals surface area contributed by atoms with Crippen LogP contribution in [0.1, 0.15) is 0 Å². The highest BCUT2D eigenvalue weighted by molar-refractivity contribution is 7.99. The first-order valence-corrected chi connectivity index (χ1v) is 17.9. The van der Waals surface area contributed by atoms with E-state index in [9.17, 15) is 0 Å². The molecule has 51 heavy (non-hydrogen) atoms. The maximum atomic E-state index is 5.14. The SMILES string of the molecule is c1ccc(-c2ccc3cc(-c4nc(-c5ccccc5)nc(-c5ccc6c(c5)-c5cccc7c(-c8ccccc8)ccc(c57)S6)n4)ccc3c2)cc1. The van der Waals surface area contributed by atoms with E-state index in [1.54, 1.807) is 0 Å². The van der Waals surface area contributed by atoms with E-state index < -0.39 is 0 Å². The molecule has 0 unspecified atom stereocenters. The minimum atomic E-state index is 0.653. The van der Waals surface area contributed by atoms with E-state index in [-0.39, 0.29) is 0 Å². The zero-order valence-corrected chi connectivity index (χ0v) is 28.3. The average molecular weight is 668 g/mol. The molecular formula is C47H29N3S. The summed E-state index contributed by atoms with van der Waals surface area (Å²) in [4.78, 5) is 17.8. The van der Waals surface area contributed by atoms with Gasteiger partial charge in [0.2, 0.25) is 0 Å². The molecule has 10 rings (SSSR count). The Balaban J connectivity index is 1.10. The third-order valence-corrected chi connectivity index (χ3v) is 10.8. The van der Waals surface area contributed by atoms with Gasteiger partial charge in [0.15, 0.2) is 17.5 Å². The fourth-order valence-corrected chi connectivity index (χ4v) is 8.30. The van der Waals surface area contributed by atoms with Crippen LogP contribution in [0.3, 0.4) is 0 Å². The molecule has 0 radical (unpaired) electrons. The summed E-state index contributed by atoms with van der Waals surface area (Å²) in [5.41, 5.74) is 10.2. The van der Waals surface area contributed by atoms with Crippen molar-refractivity contribution in [2.45, 2.75) is 9.79 Å². The largest absolute Gasteiger partial charge is 0.208 e. The summed E-state index contributed by atoms with van der Waals surface area (Å²) in [6, 6.07) is 62.2. The van der Waals surface area contributed by atoms with Gasteiger partial charge in [-0.3, -0.25) is 0 Å². The molecule has 1 aromatic heterocycles. The van der Waals surface area contributed by atoms with Gasteiger partial charge in [0.25, 0.3) is 0 Å². The number of nitrogens with zero attached hydrogens (tertiary/aromatic N) is 3. The summed E-state index contributed by atoms with van der Waals surface area (Å²) in [6.07, 6.45) is 0. The van der Waals surface area contributed by atoms with Gasteiger partial charge in [-0.05, 0) is 79.9 Å². The maximum absolute atomic E-state index is 5.14. The van der Waals surface area contributed by atoms with Crippen molar-refractivity contribution >= 4 is 33.3 Å². The number of hydrogen-bond acceptors (Lipinski definition) is 4. The Morgan fingerprint density at radius 2 is 0.863 bits per heavy atom. The van der Waals surface area contributed by atoms with Crippen LogP contribution in [-0.2, 0) is 0 Å². The predicted octanol–water partition coefficient (Wildman–Crippen LogP) is 12.6. The highest BCUT2D eigenvalue weighted by Gasteiger charge is 2.22. The number of rotatable bonds is 5. The van der Waals surface area contributed by atoms with Crippen LogP contribution in [0, 0.1) is 0 Å². The summed E-state index contributed by atoms with van der Waals surface area (Å²) in [5, 5.41) is 4.87. The van der Waals surface area contributed by atoms with Gasteiger partial charge in [0, 0.05) is 31.9 Å². The summed E-state index contributed by atoms with van der Waals surface area (Å²) >= 11 is 1.83. The lowest BCUT2D eigenvalue weighted by Gasteiger charge is -2.22. The molecule has 3 nitrogen and oxygen atoms in total. The molecule has 4 heteroatoms. The predicted molar refractivity (Wildman–Crippen MR) is 212 cm³/mol. The third-order valence-electron chi connectivity index (χ3n) is 9.71. The Kier molecular flexibility index (Phi) is 7.07. The van der Waals surface area contributed by atoms with E-state index in [1.807, 2.05) is 36.0 Å². The lowest BCUT2D eigenvalue weighted by Crippen LogP contribution is -2.01. The molecule has 0 fully saturated rings. The molecule has 0 saturated heterocycles. The van der Waals surface area contributed by atoms with Gasteiger partial charge in [-0.2, -0.15) is 0 Å². The molecule has 0 spiro atoms. The molecule has 238 valence electrons. The van der Waals surface area contributed by atoms with Gasteiger partial charge < -0.3 is 0 Å². The first-order valence-electron chi connectivity index (χ1n) is 17.1. The Bertz CT molecular complexity index is 2760. The average Bonchev–Trinajstić information content (AvgIpc) is 3.21. The minimum absolute atomic E-state index is 0.653. The van der Waals surface area contributed by atoms with E-state index in [4.69, 9.17) is 15.0 Å². The fraction of sp³-hybridized carbons (Fsp3) is 0. The van der Waals surface area contributed by atoms with Crippen LogP contribution in [0.25, 0.3) is 89.1 Å². The van der Waals surface area contributed by atoms with E-state index in [1.165, 1.54) is 59.3 Å². The Morgan fingerprint density at radius 1 is 0.314 bits per heavy atom. The number of hydrogen-bond donors (Lipinski definition) is 0. The van der Waals surface area contributed by atoms with Crippen LogP contribution < -0.4 is 0 Å². The van der Waals surface area contributed by atoms with Crippen LogP contribution in [-0.4, -0.2) is 15.0 Å². The standard InChI is InChI=1S/C47H29N3S/c1-4-11-30(12-5-1)33-19-20-35-28-36(22-21-34(35)27-33)46-48-45(32-15-8-3-9-16-32)49-47(50-46)37-23-25-42-41(29-37)40-18-10-17-39-38(31-13-6-2-7-14-31)24-26-43(51-42)44(39)40/h1-29H. The normalized spacial score (nSPS) is 11.8. The second-order valence-corrected chi connectivity index (χ2v) is 13.9. The Morgan fingerprint density at radius 3 is 1.57 bits per heavy atom. The van der Waals surface area contributed by atoms with Gasteiger partial charge in [-0.1, -0.05) is 157 Å². The van der Waals surface area contributed by atoms with Gasteiger partial charge >= 0.3 is 0 Å². The molecule has 0 aliphatic carbocycles. The summed E-state index contributed by atoms with van der Waals surface area (Å²) in [5.74, 6) is 1.96. The minimum Gasteiger partial charge on any atom is -0.208 e. The fourth-order valence-electron chi connectivity index (χ4n) is 7.19. The second kappa shape index (κ2) is 12.2. The Labute approximate surface area is 300 Å². The van der Waals surface area contributed by atoms with Gasteiger partial charge in [0.05, 0.1) is 0 Å². The number of fused-ring (bicyclic) bond motifs is 3. The second-order valence-electron chi connectivity index (χ2n) is 12.8. The van der Waals surface area contributed by atoms with E-state index in [0.717, 1.165) is 22.1 Å². The topological polar surface area (TPSA) is 38.7 Å². The van der Waals surface area contributed by atoms with Gasteiger partial charge in [-0.25, -0.2) is 15.0 Å². The van der Waals surface area contributed by atoms with Crippen molar-refractivity contribution in [2.24, 2.45) is 0 Å². The summed E-state index contributed by atoms with van der Waals surface area (Å²) in [7, 11) is 0. The van der Waals surface area contributed by atoms with E-state index >= 15 is 0 Å². The van der Waals surface area contributed by atoms with Crippen molar-refractivity contribution in [1.82, 2.24) is 15.0 Å². The molecule has 0 amide bonds. The number of aromatic nitrogens is 3. The molecule has 0 saturated carbocycles. The molecule has 9 aromatic rings. The monoisotopic (exact) mass is 667 g/mol. The molecule has 0 N–H and O–H groups in total. The first-order chi connectivity index (χ1) is 25.2. The van der Waals surface area contributed by atoms with E-state index in [2.05, 4.69) is 152 Å². The van der Waals surface area contributed by atoms with Crippen molar-refractivity contribution in [3.05, 3.63) is 176 Å². The zero-order chi connectivity index (χ0) is 33.7. The van der Waals surface area contributed by atoms with E-state index in [0.29, 0.717) is 17.5 Å². The first kappa shape index (κ1) is 29.5. The van der Waals surface area contributed by atoms with Gasteiger partial charge in [-0.15, -0.1) is 0 Å². The maximum Gasteiger partial charge on any atom is 0.164 e. The molecule has 8 aromatic carbocycles. The van der Waals surface area contributed by atoms with Crippen molar-refractivity contribution in [1.29, 1.82) is 0 Å². The van der Waals surface area contributed by atoms with Crippen molar-refractivity contribution in [3.8, 4) is 67.5 Å². The van der Waals surface area contributed by atoms with Gasteiger partial charge in [0.1, 0.15) is 0 Å². The number of benzene rings is 8. The molecule has 0 atom stereocenters. The highest BCUT2D eigenvalue weighted by atomic mass is 32.2. The summed E-state index contributed by atoms with van der Waals surface area (Å²) in [6.45, 7) is 0. The van der Waals surface area contributed by atoms with Crippen LogP contribution >= 0.6 is 11.8 Å². The molecule has 2 heterocycles. The van der Waals surface area contributed by atoms with Crippen LogP contribution in [0.2, 0.25) is 0 Å².